The molecule has 3 N–H and O–H groups in total. The fraction of sp³-hybridized carbons (Fsp3) is 0.273. The molecule has 0 unspecified atom stereocenters. The smallest absolute Gasteiger partial charge is 0.251 e. The molecule has 0 saturated carbocycles. The van der Waals surface area contributed by atoms with Gasteiger partial charge in [-0.1, -0.05) is 0 Å². The van der Waals surface area contributed by atoms with E-state index in [2.05, 4.69) is 15.1 Å². The van der Waals surface area contributed by atoms with Gasteiger partial charge in [-0.05, 0) is 32.4 Å². The number of aryl methyl sites for hydroxylation is 1. The monoisotopic (exact) mass is 230 g/mol. The number of hydrogen-bond donors (Lipinski definition) is 2. The summed E-state index contributed by atoms with van der Waals surface area (Å²) in [4.78, 5) is 8.34. The molecular weight excluding hydrogens is 216 g/mol. The van der Waals surface area contributed by atoms with Crippen molar-refractivity contribution >= 4 is 5.84 Å². The van der Waals surface area contributed by atoms with Gasteiger partial charge in [-0.15, -0.1) is 0 Å². The number of rotatable bonds is 2. The fourth-order valence-corrected chi connectivity index (χ4v) is 1.52. The van der Waals surface area contributed by atoms with E-state index in [-0.39, 0.29) is 5.84 Å². The summed E-state index contributed by atoms with van der Waals surface area (Å²) in [6.07, 6.45) is 1.57. The summed E-state index contributed by atoms with van der Waals surface area (Å²) >= 11 is 0. The summed E-state index contributed by atoms with van der Waals surface area (Å²) in [6, 6.07) is 1.60. The van der Waals surface area contributed by atoms with Crippen LogP contribution in [0, 0.1) is 26.2 Å². The van der Waals surface area contributed by atoms with Crippen LogP contribution in [0.3, 0.4) is 0 Å². The first-order valence-electron chi connectivity index (χ1n) is 5.21. The Labute approximate surface area is 99.0 Å². The Morgan fingerprint density at radius 3 is 2.59 bits per heavy atom. The molecule has 0 radical (unpaired) electrons. The van der Waals surface area contributed by atoms with Crippen molar-refractivity contribution in [2.45, 2.75) is 20.8 Å². The quantitative estimate of drug-likeness (QED) is 0.591. The zero-order chi connectivity index (χ0) is 12.6. The minimum Gasteiger partial charge on any atom is -0.382 e. The van der Waals surface area contributed by atoms with Crippen molar-refractivity contribution in [2.75, 3.05) is 0 Å². The SMILES string of the molecule is Cc1nn(-c2nccc(C(=N)N)n2)c(C)c1C. The standard InChI is InChI=1S/C11H14N6/c1-6-7(2)16-17(8(6)3)11-14-5-4-9(15-11)10(12)13/h4-5H,1-3H3,(H3,12,13). The Balaban J connectivity index is 2.56. The van der Waals surface area contributed by atoms with Gasteiger partial charge in [-0.3, -0.25) is 5.41 Å². The van der Waals surface area contributed by atoms with Crippen LogP contribution in [0.15, 0.2) is 12.3 Å². The van der Waals surface area contributed by atoms with Gasteiger partial charge in [0.2, 0.25) is 0 Å². The van der Waals surface area contributed by atoms with Gasteiger partial charge < -0.3 is 5.73 Å². The lowest BCUT2D eigenvalue weighted by atomic mass is 10.2. The average Bonchev–Trinajstić information content (AvgIpc) is 2.57. The van der Waals surface area contributed by atoms with E-state index < -0.39 is 0 Å². The van der Waals surface area contributed by atoms with Crippen LogP contribution < -0.4 is 5.73 Å². The molecule has 2 rings (SSSR count). The molecule has 0 spiro atoms. The van der Waals surface area contributed by atoms with Crippen molar-refractivity contribution < 1.29 is 0 Å². The molecule has 0 bridgehead atoms. The first kappa shape index (κ1) is 11.3. The third-order valence-corrected chi connectivity index (χ3v) is 2.76. The molecule has 0 fully saturated rings. The van der Waals surface area contributed by atoms with E-state index in [4.69, 9.17) is 11.1 Å². The second kappa shape index (κ2) is 3.97. The first-order chi connectivity index (χ1) is 8.00. The van der Waals surface area contributed by atoms with Gasteiger partial charge in [0.25, 0.3) is 5.95 Å². The molecule has 0 aliphatic heterocycles. The normalized spacial score (nSPS) is 10.5. The van der Waals surface area contributed by atoms with Crippen LogP contribution in [0.25, 0.3) is 5.95 Å². The minimum absolute atomic E-state index is 0.0769. The van der Waals surface area contributed by atoms with E-state index in [0.29, 0.717) is 11.6 Å². The molecule has 0 saturated heterocycles. The van der Waals surface area contributed by atoms with E-state index in [1.807, 2.05) is 20.8 Å². The Hall–Kier alpha value is -2.24. The molecule has 0 atom stereocenters. The highest BCUT2D eigenvalue weighted by Crippen LogP contribution is 2.13. The Morgan fingerprint density at radius 1 is 1.35 bits per heavy atom. The maximum Gasteiger partial charge on any atom is 0.251 e. The molecule has 2 heterocycles. The predicted octanol–water partition coefficient (Wildman–Crippen LogP) is 0.872. The van der Waals surface area contributed by atoms with Crippen molar-refractivity contribution in [3.8, 4) is 5.95 Å². The van der Waals surface area contributed by atoms with Crippen molar-refractivity contribution in [1.82, 2.24) is 19.7 Å². The minimum atomic E-state index is -0.0769. The molecule has 0 aromatic carbocycles. The molecule has 0 amide bonds. The van der Waals surface area contributed by atoms with Crippen LogP contribution in [0.4, 0.5) is 0 Å². The molecule has 6 nitrogen and oxygen atoms in total. The maximum atomic E-state index is 7.35. The average molecular weight is 230 g/mol. The highest BCUT2D eigenvalue weighted by Gasteiger charge is 2.11. The summed E-state index contributed by atoms with van der Waals surface area (Å²) in [7, 11) is 0. The van der Waals surface area contributed by atoms with Gasteiger partial charge >= 0.3 is 0 Å². The van der Waals surface area contributed by atoms with E-state index in [9.17, 15) is 0 Å². The van der Waals surface area contributed by atoms with E-state index in [1.165, 1.54) is 0 Å². The highest BCUT2D eigenvalue weighted by atomic mass is 15.4. The number of amidine groups is 1. The second-order valence-electron chi connectivity index (χ2n) is 3.86. The van der Waals surface area contributed by atoms with E-state index >= 15 is 0 Å². The number of nitrogens with two attached hydrogens (primary N) is 1. The summed E-state index contributed by atoms with van der Waals surface area (Å²) in [5.74, 6) is 0.360. The largest absolute Gasteiger partial charge is 0.382 e. The van der Waals surface area contributed by atoms with Crippen LogP contribution in [0.1, 0.15) is 22.6 Å². The number of nitrogens with zero attached hydrogens (tertiary/aromatic N) is 4. The van der Waals surface area contributed by atoms with E-state index in [1.54, 1.807) is 16.9 Å². The molecule has 0 aliphatic rings. The molecular formula is C11H14N6. The summed E-state index contributed by atoms with van der Waals surface area (Å²) in [5.41, 5.74) is 8.85. The van der Waals surface area contributed by atoms with Crippen LogP contribution >= 0.6 is 0 Å². The Bertz CT molecular complexity index is 584. The predicted molar refractivity (Wildman–Crippen MR) is 64.4 cm³/mol. The fourth-order valence-electron chi connectivity index (χ4n) is 1.52. The van der Waals surface area contributed by atoms with Gasteiger partial charge in [-0.2, -0.15) is 5.10 Å². The zero-order valence-electron chi connectivity index (χ0n) is 10.0. The molecule has 2 aromatic heterocycles. The van der Waals surface area contributed by atoms with Crippen molar-refractivity contribution in [3.63, 3.8) is 0 Å². The number of nitrogen functional groups attached to an aromatic ring is 1. The summed E-state index contributed by atoms with van der Waals surface area (Å²) in [6.45, 7) is 5.90. The van der Waals surface area contributed by atoms with Gasteiger partial charge in [0.1, 0.15) is 11.5 Å². The topological polar surface area (TPSA) is 93.5 Å². The van der Waals surface area contributed by atoms with Crippen LogP contribution in [-0.2, 0) is 0 Å². The lowest BCUT2D eigenvalue weighted by molar-refractivity contribution is 0.771. The third kappa shape index (κ3) is 1.89. The maximum absolute atomic E-state index is 7.35. The van der Waals surface area contributed by atoms with Crippen LogP contribution in [0.2, 0.25) is 0 Å². The van der Waals surface area contributed by atoms with Crippen LogP contribution in [-0.4, -0.2) is 25.6 Å². The number of aromatic nitrogens is 4. The molecule has 88 valence electrons. The van der Waals surface area contributed by atoms with Crippen molar-refractivity contribution in [2.24, 2.45) is 5.73 Å². The van der Waals surface area contributed by atoms with Gasteiger partial charge in [-0.25, -0.2) is 14.6 Å². The van der Waals surface area contributed by atoms with Gasteiger partial charge in [0.15, 0.2) is 0 Å². The Kier molecular flexibility index (Phi) is 2.63. The van der Waals surface area contributed by atoms with Crippen molar-refractivity contribution in [3.05, 3.63) is 34.9 Å². The number of hydrogen-bond acceptors (Lipinski definition) is 4. The van der Waals surface area contributed by atoms with Crippen LogP contribution in [0.5, 0.6) is 0 Å². The summed E-state index contributed by atoms with van der Waals surface area (Å²) < 4.78 is 1.66. The van der Waals surface area contributed by atoms with Gasteiger partial charge in [0, 0.05) is 11.9 Å². The Morgan fingerprint density at radius 2 is 2.06 bits per heavy atom. The molecule has 17 heavy (non-hydrogen) atoms. The lowest BCUT2D eigenvalue weighted by Crippen LogP contribution is -2.15. The third-order valence-electron chi connectivity index (χ3n) is 2.76. The molecule has 6 heteroatoms. The summed E-state index contributed by atoms with van der Waals surface area (Å²) in [5, 5.41) is 11.7. The molecule has 0 aliphatic carbocycles. The van der Waals surface area contributed by atoms with Gasteiger partial charge in [0.05, 0.1) is 5.69 Å². The second-order valence-corrected chi connectivity index (χ2v) is 3.86. The number of nitrogens with one attached hydrogen (secondary N) is 1. The highest BCUT2D eigenvalue weighted by molar-refractivity contribution is 5.92. The van der Waals surface area contributed by atoms with E-state index in [0.717, 1.165) is 17.0 Å². The lowest BCUT2D eigenvalue weighted by Gasteiger charge is -2.04. The van der Waals surface area contributed by atoms with Crippen molar-refractivity contribution in [1.29, 1.82) is 5.41 Å². The zero-order valence-corrected chi connectivity index (χ0v) is 10.0. The molecule has 2 aromatic rings. The first-order valence-corrected chi connectivity index (χ1v) is 5.21.